The Bertz CT molecular complexity index is 733. The lowest BCUT2D eigenvalue weighted by molar-refractivity contribution is -0.385. The Labute approximate surface area is 157 Å². The summed E-state index contributed by atoms with van der Waals surface area (Å²) < 4.78 is 3.44. The van der Waals surface area contributed by atoms with Crippen LogP contribution in [0.3, 0.4) is 0 Å². The number of carbonyl (C=O) groups is 1. The molecule has 0 aliphatic carbocycles. The van der Waals surface area contributed by atoms with Crippen LogP contribution in [-0.4, -0.2) is 20.6 Å². The summed E-state index contributed by atoms with van der Waals surface area (Å²) in [7, 11) is 0. The first-order chi connectivity index (χ1) is 10.8. The van der Waals surface area contributed by atoms with Gasteiger partial charge in [-0.15, -0.1) is 0 Å². The quantitative estimate of drug-likeness (QED) is 0.476. The maximum Gasteiger partial charge on any atom is 0.271 e. The molecule has 1 aromatic carbocycles. The fourth-order valence-electron chi connectivity index (χ4n) is 1.81. The molecule has 7 nitrogen and oxygen atoms in total. The normalized spacial score (nSPS) is 10.6. The predicted molar refractivity (Wildman–Crippen MR) is 96.4 cm³/mol. The average molecular weight is 511 g/mol. The molecule has 0 saturated heterocycles. The van der Waals surface area contributed by atoms with Crippen molar-refractivity contribution >= 4 is 65.1 Å². The van der Waals surface area contributed by atoms with Crippen molar-refractivity contribution < 1.29 is 9.72 Å². The van der Waals surface area contributed by atoms with Gasteiger partial charge in [0, 0.05) is 40.2 Å². The van der Waals surface area contributed by atoms with E-state index in [2.05, 4.69) is 58.2 Å². The molecule has 0 radical (unpaired) electrons. The molecular formula is C13H11Br3N4O3. The predicted octanol–water partition coefficient (Wildman–Crippen LogP) is 4.42. The molecule has 0 fully saturated rings. The fourth-order valence-corrected chi connectivity index (χ4v) is 3.49. The van der Waals surface area contributed by atoms with Gasteiger partial charge in [-0.2, -0.15) is 5.10 Å². The van der Waals surface area contributed by atoms with Gasteiger partial charge in [-0.25, -0.2) is 0 Å². The molecule has 0 unspecified atom stereocenters. The van der Waals surface area contributed by atoms with E-state index in [1.807, 2.05) is 6.92 Å². The van der Waals surface area contributed by atoms with Crippen molar-refractivity contribution in [1.82, 2.24) is 9.78 Å². The maximum atomic E-state index is 12.1. The molecule has 2 rings (SSSR count). The Morgan fingerprint density at radius 1 is 1.30 bits per heavy atom. The summed E-state index contributed by atoms with van der Waals surface area (Å²) in [6.45, 7) is 2.30. The smallest absolute Gasteiger partial charge is 0.271 e. The zero-order valence-electron chi connectivity index (χ0n) is 11.8. The Morgan fingerprint density at radius 2 is 1.91 bits per heavy atom. The van der Waals surface area contributed by atoms with E-state index < -0.39 is 4.92 Å². The topological polar surface area (TPSA) is 90.1 Å². The summed E-state index contributed by atoms with van der Waals surface area (Å²) >= 11 is 9.82. The van der Waals surface area contributed by atoms with E-state index in [4.69, 9.17) is 0 Å². The summed E-state index contributed by atoms with van der Waals surface area (Å²) in [6.07, 6.45) is 2.03. The Kier molecular flexibility index (Phi) is 5.93. The number of halogens is 3. The van der Waals surface area contributed by atoms with Crippen LogP contribution >= 0.6 is 47.8 Å². The second kappa shape index (κ2) is 7.54. The van der Waals surface area contributed by atoms with Crippen molar-refractivity contribution in [2.75, 3.05) is 5.32 Å². The zero-order chi connectivity index (χ0) is 17.1. The lowest BCUT2D eigenvalue weighted by Crippen LogP contribution is -2.15. The lowest BCUT2D eigenvalue weighted by atomic mass is 10.2. The summed E-state index contributed by atoms with van der Waals surface area (Å²) in [5, 5.41) is 17.8. The van der Waals surface area contributed by atoms with Crippen molar-refractivity contribution in [3.8, 4) is 0 Å². The highest BCUT2D eigenvalue weighted by molar-refractivity contribution is 9.11. The van der Waals surface area contributed by atoms with E-state index in [-0.39, 0.29) is 18.0 Å². The van der Waals surface area contributed by atoms with Crippen LogP contribution in [0.1, 0.15) is 12.1 Å². The van der Waals surface area contributed by atoms with Gasteiger partial charge in [-0.05, 0) is 54.7 Å². The number of benzene rings is 1. The molecule has 0 aliphatic rings. The number of nitrogens with one attached hydrogen (secondary N) is 1. The van der Waals surface area contributed by atoms with Crippen molar-refractivity contribution in [2.24, 2.45) is 0 Å². The number of anilines is 1. The number of hydrogen-bond donors (Lipinski definition) is 1. The van der Waals surface area contributed by atoms with Gasteiger partial charge in [0.15, 0.2) is 0 Å². The van der Waals surface area contributed by atoms with Crippen molar-refractivity contribution in [2.45, 2.75) is 19.9 Å². The first-order valence-electron chi connectivity index (χ1n) is 6.40. The molecule has 1 heterocycles. The first-order valence-corrected chi connectivity index (χ1v) is 8.78. The molecular weight excluding hydrogens is 500 g/mol. The van der Waals surface area contributed by atoms with E-state index in [9.17, 15) is 14.9 Å². The standard InChI is InChI=1S/C13H11Br3N4O3/c1-7-11(16)6-19(18-7)3-2-12(21)17-13-9(14)4-8(20(22)23)5-10(13)15/h4-6H,2-3H2,1H3,(H,17,21). The number of nitro benzene ring substituents is 1. The molecule has 0 spiro atoms. The minimum absolute atomic E-state index is 0.0707. The molecule has 2 aromatic rings. The van der Waals surface area contributed by atoms with Crippen LogP contribution in [0, 0.1) is 17.0 Å². The Morgan fingerprint density at radius 3 is 2.39 bits per heavy atom. The van der Waals surface area contributed by atoms with Gasteiger partial charge < -0.3 is 5.32 Å². The molecule has 0 atom stereocenters. The molecule has 0 aliphatic heterocycles. The number of amides is 1. The number of non-ortho nitro benzene ring substituents is 1. The Balaban J connectivity index is 2.04. The monoisotopic (exact) mass is 508 g/mol. The summed E-state index contributed by atoms with van der Waals surface area (Å²) in [5.41, 5.74) is 1.24. The van der Waals surface area contributed by atoms with Crippen LogP contribution in [0.2, 0.25) is 0 Å². The van der Waals surface area contributed by atoms with Crippen molar-refractivity contribution in [1.29, 1.82) is 0 Å². The minimum atomic E-state index is -0.501. The third kappa shape index (κ3) is 4.61. The highest BCUT2D eigenvalue weighted by Gasteiger charge is 2.16. The number of aromatic nitrogens is 2. The second-order valence-electron chi connectivity index (χ2n) is 4.67. The van der Waals surface area contributed by atoms with Gasteiger partial charge in [-0.1, -0.05) is 0 Å². The third-order valence-corrected chi connectivity index (χ3v) is 4.99. The van der Waals surface area contributed by atoms with E-state index >= 15 is 0 Å². The summed E-state index contributed by atoms with van der Waals surface area (Å²) in [4.78, 5) is 22.4. The van der Waals surface area contributed by atoms with Crippen LogP contribution in [0.25, 0.3) is 0 Å². The molecule has 1 aromatic heterocycles. The highest BCUT2D eigenvalue weighted by Crippen LogP contribution is 2.35. The Hall–Kier alpha value is -1.26. The van der Waals surface area contributed by atoms with Crippen LogP contribution in [0.15, 0.2) is 31.7 Å². The van der Waals surface area contributed by atoms with Gasteiger partial charge in [0.2, 0.25) is 5.91 Å². The summed E-state index contributed by atoms with van der Waals surface area (Å²) in [5.74, 6) is -0.218. The first kappa shape index (κ1) is 18.1. The van der Waals surface area contributed by atoms with Crippen LogP contribution in [0.5, 0.6) is 0 Å². The van der Waals surface area contributed by atoms with Crippen LogP contribution < -0.4 is 5.32 Å². The van der Waals surface area contributed by atoms with Crippen molar-refractivity contribution in [3.63, 3.8) is 0 Å². The van der Waals surface area contributed by atoms with Crippen LogP contribution in [0.4, 0.5) is 11.4 Å². The number of aryl methyl sites for hydroxylation is 2. The molecule has 10 heteroatoms. The van der Waals surface area contributed by atoms with Crippen molar-refractivity contribution in [3.05, 3.63) is 47.6 Å². The number of hydrogen-bond acceptors (Lipinski definition) is 4. The number of carbonyl (C=O) groups excluding carboxylic acids is 1. The zero-order valence-corrected chi connectivity index (χ0v) is 16.6. The van der Waals surface area contributed by atoms with Crippen LogP contribution in [-0.2, 0) is 11.3 Å². The highest BCUT2D eigenvalue weighted by atomic mass is 79.9. The maximum absolute atomic E-state index is 12.1. The molecule has 1 amide bonds. The van der Waals surface area contributed by atoms with E-state index in [0.29, 0.717) is 21.2 Å². The van der Waals surface area contributed by atoms with Gasteiger partial charge in [-0.3, -0.25) is 19.6 Å². The molecule has 1 N–H and O–H groups in total. The van der Waals surface area contributed by atoms with E-state index in [1.165, 1.54) is 12.1 Å². The van der Waals surface area contributed by atoms with E-state index in [0.717, 1.165) is 10.2 Å². The molecule has 0 saturated carbocycles. The van der Waals surface area contributed by atoms with Gasteiger partial charge in [0.1, 0.15) is 0 Å². The average Bonchev–Trinajstić information content (AvgIpc) is 2.79. The van der Waals surface area contributed by atoms with Gasteiger partial charge in [0.05, 0.1) is 20.8 Å². The lowest BCUT2D eigenvalue weighted by Gasteiger charge is -2.10. The van der Waals surface area contributed by atoms with E-state index in [1.54, 1.807) is 10.9 Å². The molecule has 23 heavy (non-hydrogen) atoms. The molecule has 122 valence electrons. The minimum Gasteiger partial charge on any atom is -0.324 e. The fraction of sp³-hybridized carbons (Fsp3) is 0.231. The van der Waals surface area contributed by atoms with Gasteiger partial charge in [0.25, 0.3) is 5.69 Å². The van der Waals surface area contributed by atoms with Gasteiger partial charge >= 0.3 is 0 Å². The second-order valence-corrected chi connectivity index (χ2v) is 7.23. The SMILES string of the molecule is Cc1nn(CCC(=O)Nc2c(Br)cc([N+](=O)[O-])cc2Br)cc1Br. The number of rotatable bonds is 5. The molecule has 0 bridgehead atoms. The summed E-state index contributed by atoms with van der Waals surface area (Å²) in [6, 6.07) is 2.68. The number of nitrogens with zero attached hydrogens (tertiary/aromatic N) is 3. The third-order valence-electron chi connectivity index (χ3n) is 2.96. The largest absolute Gasteiger partial charge is 0.324 e. The number of nitro groups is 1.